The molecule has 2 aromatic heterocycles. The van der Waals surface area contributed by atoms with Gasteiger partial charge in [-0.3, -0.25) is 0 Å². The number of hydrogen-bond donors (Lipinski definition) is 1. The molecule has 0 saturated carbocycles. The summed E-state index contributed by atoms with van der Waals surface area (Å²) in [6.07, 6.45) is 1.69. The van der Waals surface area contributed by atoms with Crippen LogP contribution in [0.2, 0.25) is 0 Å². The number of aryl methyl sites for hydroxylation is 1. The second kappa shape index (κ2) is 7.64. The number of furan rings is 1. The van der Waals surface area contributed by atoms with Crippen molar-refractivity contribution in [3.63, 3.8) is 0 Å². The molecule has 0 radical (unpaired) electrons. The van der Waals surface area contributed by atoms with Gasteiger partial charge in [-0.05, 0) is 61.8 Å². The molecule has 0 saturated heterocycles. The number of rotatable bonds is 5. The van der Waals surface area contributed by atoms with E-state index in [1.54, 1.807) is 17.6 Å². The lowest BCUT2D eigenvalue weighted by Gasteiger charge is -2.30. The van der Waals surface area contributed by atoms with E-state index < -0.39 is 0 Å². The van der Waals surface area contributed by atoms with Gasteiger partial charge in [-0.25, -0.2) is 0 Å². The normalized spacial score (nSPS) is 11.9. The summed E-state index contributed by atoms with van der Waals surface area (Å²) >= 11 is 7.43. The van der Waals surface area contributed by atoms with Crippen LogP contribution in [0.15, 0.2) is 64.6 Å². The van der Waals surface area contributed by atoms with Crippen LogP contribution in [-0.2, 0) is 6.54 Å². The molecule has 5 heteroatoms. The second-order valence-corrected chi connectivity index (χ2v) is 7.06. The molecule has 0 aliphatic carbocycles. The molecule has 3 nitrogen and oxygen atoms in total. The van der Waals surface area contributed by atoms with Crippen molar-refractivity contribution in [1.82, 2.24) is 4.90 Å². The number of nitrogens with one attached hydrogen (secondary N) is 1. The van der Waals surface area contributed by atoms with E-state index in [0.717, 1.165) is 11.4 Å². The zero-order chi connectivity index (χ0) is 16.9. The van der Waals surface area contributed by atoms with E-state index in [-0.39, 0.29) is 6.04 Å². The minimum absolute atomic E-state index is 0.167. The number of thiocarbonyl (C=S) groups is 1. The molecular weight excluding hydrogens is 336 g/mol. The van der Waals surface area contributed by atoms with E-state index in [0.29, 0.717) is 11.7 Å². The first kappa shape index (κ1) is 16.7. The van der Waals surface area contributed by atoms with Crippen molar-refractivity contribution >= 4 is 34.4 Å². The van der Waals surface area contributed by atoms with Gasteiger partial charge in [-0.2, -0.15) is 0 Å². The number of anilines is 1. The third-order valence-electron chi connectivity index (χ3n) is 3.89. The summed E-state index contributed by atoms with van der Waals surface area (Å²) in [7, 11) is 0. The molecule has 0 unspecified atom stereocenters. The van der Waals surface area contributed by atoms with Crippen LogP contribution < -0.4 is 5.32 Å². The lowest BCUT2D eigenvalue weighted by Crippen LogP contribution is -2.36. The number of thiophene rings is 1. The van der Waals surface area contributed by atoms with Crippen LogP contribution in [0.1, 0.15) is 29.2 Å². The maximum Gasteiger partial charge on any atom is 0.174 e. The monoisotopic (exact) mass is 356 g/mol. The van der Waals surface area contributed by atoms with Gasteiger partial charge in [-0.1, -0.05) is 23.8 Å². The van der Waals surface area contributed by atoms with E-state index in [1.807, 2.05) is 24.3 Å². The number of hydrogen-bond acceptors (Lipinski definition) is 3. The predicted molar refractivity (Wildman–Crippen MR) is 104 cm³/mol. The summed E-state index contributed by atoms with van der Waals surface area (Å²) < 4.78 is 5.52. The Bertz CT molecular complexity index is 764. The third-order valence-corrected chi connectivity index (χ3v) is 5.27. The highest BCUT2D eigenvalue weighted by Gasteiger charge is 2.21. The average Bonchev–Trinajstić information content (AvgIpc) is 3.27. The molecule has 24 heavy (non-hydrogen) atoms. The molecule has 0 spiro atoms. The first-order chi connectivity index (χ1) is 11.6. The maximum absolute atomic E-state index is 5.69. The van der Waals surface area contributed by atoms with E-state index in [2.05, 4.69) is 53.7 Å². The Morgan fingerprint density at radius 3 is 2.62 bits per heavy atom. The molecular formula is C19H20N2OS2. The Kier molecular flexibility index (Phi) is 5.33. The van der Waals surface area contributed by atoms with Crippen molar-refractivity contribution in [2.75, 3.05) is 5.32 Å². The van der Waals surface area contributed by atoms with Gasteiger partial charge in [0.15, 0.2) is 5.11 Å². The van der Waals surface area contributed by atoms with Crippen LogP contribution in [-0.4, -0.2) is 10.0 Å². The minimum Gasteiger partial charge on any atom is -0.467 e. The summed E-state index contributed by atoms with van der Waals surface area (Å²) in [5.41, 5.74) is 2.22. The molecule has 124 valence electrons. The van der Waals surface area contributed by atoms with Gasteiger partial charge in [0.05, 0.1) is 18.8 Å². The van der Waals surface area contributed by atoms with E-state index in [9.17, 15) is 0 Å². The standard InChI is InChI=1S/C19H20N2OS2/c1-14-7-9-16(10-8-14)20-19(23)21(13-17-5-3-11-22-17)15(2)18-6-4-12-24-18/h3-12,15H,13H2,1-2H3,(H,20,23)/t15-/m1/s1. The first-order valence-corrected chi connectivity index (χ1v) is 9.12. The fourth-order valence-electron chi connectivity index (χ4n) is 2.47. The van der Waals surface area contributed by atoms with Crippen molar-refractivity contribution in [1.29, 1.82) is 0 Å². The summed E-state index contributed by atoms with van der Waals surface area (Å²) in [5, 5.41) is 6.13. The van der Waals surface area contributed by atoms with Crippen molar-refractivity contribution in [3.8, 4) is 0 Å². The fraction of sp³-hybridized carbons (Fsp3) is 0.211. The molecule has 1 N–H and O–H groups in total. The molecule has 2 heterocycles. The zero-order valence-corrected chi connectivity index (χ0v) is 15.4. The SMILES string of the molecule is Cc1ccc(NC(=S)N(Cc2ccco2)[C@H](C)c2cccs2)cc1. The lowest BCUT2D eigenvalue weighted by molar-refractivity contribution is 0.306. The molecule has 1 aromatic carbocycles. The molecule has 0 bridgehead atoms. The predicted octanol–water partition coefficient (Wildman–Crippen LogP) is 5.61. The molecule has 1 atom stereocenters. The zero-order valence-electron chi connectivity index (χ0n) is 13.7. The minimum atomic E-state index is 0.167. The van der Waals surface area contributed by atoms with Crippen molar-refractivity contribution in [3.05, 3.63) is 76.4 Å². The van der Waals surface area contributed by atoms with Crippen molar-refractivity contribution in [2.45, 2.75) is 26.4 Å². The summed E-state index contributed by atoms with van der Waals surface area (Å²) in [6, 6.07) is 16.5. The van der Waals surface area contributed by atoms with Gasteiger partial charge in [0.25, 0.3) is 0 Å². The van der Waals surface area contributed by atoms with Gasteiger partial charge < -0.3 is 14.6 Å². The largest absolute Gasteiger partial charge is 0.467 e. The van der Waals surface area contributed by atoms with Gasteiger partial charge >= 0.3 is 0 Å². The van der Waals surface area contributed by atoms with Crippen molar-refractivity contribution < 1.29 is 4.42 Å². The van der Waals surface area contributed by atoms with E-state index in [1.165, 1.54) is 10.4 Å². The molecule has 0 aliphatic rings. The summed E-state index contributed by atoms with van der Waals surface area (Å²) in [5.74, 6) is 0.895. The Hall–Kier alpha value is -2.11. The van der Waals surface area contributed by atoms with E-state index in [4.69, 9.17) is 16.6 Å². The maximum atomic E-state index is 5.69. The molecule has 3 rings (SSSR count). The molecule has 3 aromatic rings. The highest BCUT2D eigenvalue weighted by atomic mass is 32.1. The summed E-state index contributed by atoms with van der Waals surface area (Å²) in [4.78, 5) is 3.43. The molecule has 0 aliphatic heterocycles. The van der Waals surface area contributed by atoms with Crippen LogP contribution in [0.3, 0.4) is 0 Å². The highest BCUT2D eigenvalue weighted by molar-refractivity contribution is 7.80. The quantitative estimate of drug-likeness (QED) is 0.602. The Morgan fingerprint density at radius 1 is 1.21 bits per heavy atom. The number of benzene rings is 1. The number of nitrogens with zero attached hydrogens (tertiary/aromatic N) is 1. The van der Waals surface area contributed by atoms with Crippen LogP contribution >= 0.6 is 23.6 Å². The van der Waals surface area contributed by atoms with Crippen LogP contribution in [0.25, 0.3) is 0 Å². The molecule has 0 fully saturated rings. The summed E-state index contributed by atoms with van der Waals surface area (Å²) in [6.45, 7) is 4.87. The van der Waals surface area contributed by atoms with E-state index >= 15 is 0 Å². The lowest BCUT2D eigenvalue weighted by atomic mass is 10.2. The van der Waals surface area contributed by atoms with Crippen LogP contribution in [0, 0.1) is 6.92 Å². The van der Waals surface area contributed by atoms with Crippen molar-refractivity contribution in [2.24, 2.45) is 0 Å². The third kappa shape index (κ3) is 4.04. The van der Waals surface area contributed by atoms with Crippen LogP contribution in [0.4, 0.5) is 5.69 Å². The first-order valence-electron chi connectivity index (χ1n) is 7.83. The Morgan fingerprint density at radius 2 is 2.00 bits per heavy atom. The smallest absolute Gasteiger partial charge is 0.174 e. The van der Waals surface area contributed by atoms with Gasteiger partial charge in [0, 0.05) is 10.6 Å². The highest BCUT2D eigenvalue weighted by Crippen LogP contribution is 2.27. The Balaban J connectivity index is 1.80. The topological polar surface area (TPSA) is 28.4 Å². The fourth-order valence-corrected chi connectivity index (χ4v) is 3.61. The van der Waals surface area contributed by atoms with Crippen LogP contribution in [0.5, 0.6) is 0 Å². The van der Waals surface area contributed by atoms with Gasteiger partial charge in [0.1, 0.15) is 5.76 Å². The van der Waals surface area contributed by atoms with Gasteiger partial charge in [-0.15, -0.1) is 11.3 Å². The average molecular weight is 357 g/mol. The molecule has 0 amide bonds. The van der Waals surface area contributed by atoms with Gasteiger partial charge in [0.2, 0.25) is 0 Å². The Labute approximate surface area is 151 Å². The second-order valence-electron chi connectivity index (χ2n) is 5.69.